The maximum atomic E-state index is 11.8. The van der Waals surface area contributed by atoms with E-state index in [1.54, 1.807) is 0 Å². The quantitative estimate of drug-likeness (QED) is 0.526. The third-order valence-corrected chi connectivity index (χ3v) is 7.56. The van der Waals surface area contributed by atoms with Crippen LogP contribution >= 0.6 is 0 Å². The van der Waals surface area contributed by atoms with Crippen LogP contribution in [0.15, 0.2) is 36.0 Å². The van der Waals surface area contributed by atoms with Gasteiger partial charge in [-0.25, -0.2) is 4.79 Å². The first-order valence-corrected chi connectivity index (χ1v) is 10.2. The maximum absolute atomic E-state index is 11.8. The second kappa shape index (κ2) is 6.31. The monoisotopic (exact) mass is 372 g/mol. The fourth-order valence-electron chi connectivity index (χ4n) is 6.07. The Labute approximate surface area is 162 Å². The molecule has 2 heterocycles. The van der Waals surface area contributed by atoms with Gasteiger partial charge >= 0.3 is 5.97 Å². The van der Waals surface area contributed by atoms with Crippen LogP contribution in [-0.4, -0.2) is 31.1 Å². The van der Waals surface area contributed by atoms with Gasteiger partial charge in [0.2, 0.25) is 0 Å². The van der Waals surface area contributed by atoms with Gasteiger partial charge in [-0.15, -0.1) is 0 Å². The second-order valence-corrected chi connectivity index (χ2v) is 9.69. The van der Waals surface area contributed by atoms with Crippen molar-refractivity contribution in [2.45, 2.75) is 65.3 Å². The number of hydrogen-bond donors (Lipinski definition) is 0. The zero-order chi connectivity index (χ0) is 19.4. The summed E-state index contributed by atoms with van der Waals surface area (Å²) >= 11 is 0. The summed E-state index contributed by atoms with van der Waals surface area (Å²) in [6.07, 6.45) is 10.5. The van der Waals surface area contributed by atoms with Crippen molar-refractivity contribution in [3.8, 4) is 0 Å². The van der Waals surface area contributed by atoms with Crippen LogP contribution in [0.2, 0.25) is 0 Å². The molecular formula is C23H32O4. The van der Waals surface area contributed by atoms with Gasteiger partial charge in [-0.1, -0.05) is 38.2 Å². The lowest BCUT2D eigenvalue weighted by Crippen LogP contribution is -2.62. The summed E-state index contributed by atoms with van der Waals surface area (Å²) in [5.74, 6) is 0.0502. The van der Waals surface area contributed by atoms with Crippen LogP contribution < -0.4 is 0 Å². The normalized spacial score (nSPS) is 43.9. The lowest BCUT2D eigenvalue weighted by molar-refractivity contribution is -0.343. The van der Waals surface area contributed by atoms with Gasteiger partial charge in [0.15, 0.2) is 5.79 Å². The van der Waals surface area contributed by atoms with Gasteiger partial charge in [-0.3, -0.25) is 0 Å². The highest BCUT2D eigenvalue weighted by Crippen LogP contribution is 2.63. The average molecular weight is 373 g/mol. The first-order valence-electron chi connectivity index (χ1n) is 10.2. The average Bonchev–Trinajstić information content (AvgIpc) is 3.00. The number of allylic oxidation sites excluding steroid dienone is 2. The lowest BCUT2D eigenvalue weighted by Gasteiger charge is -2.63. The molecule has 3 fully saturated rings. The van der Waals surface area contributed by atoms with E-state index in [-0.39, 0.29) is 28.8 Å². The molecule has 2 aliphatic heterocycles. The Hall–Kier alpha value is -1.39. The molecule has 5 atom stereocenters. The molecule has 4 heteroatoms. The molecule has 1 saturated heterocycles. The van der Waals surface area contributed by atoms with Crippen LogP contribution in [-0.2, 0) is 19.0 Å². The van der Waals surface area contributed by atoms with Gasteiger partial charge in [0, 0.05) is 11.3 Å². The molecule has 4 nitrogen and oxygen atoms in total. The molecule has 4 rings (SSSR count). The van der Waals surface area contributed by atoms with Crippen molar-refractivity contribution in [3.05, 3.63) is 36.0 Å². The molecule has 0 aromatic carbocycles. The van der Waals surface area contributed by atoms with Gasteiger partial charge in [0.25, 0.3) is 0 Å². The van der Waals surface area contributed by atoms with E-state index >= 15 is 0 Å². The smallest absolute Gasteiger partial charge is 0.338 e. The van der Waals surface area contributed by atoms with Crippen molar-refractivity contribution < 1.29 is 19.0 Å². The molecular weight excluding hydrogens is 340 g/mol. The first-order chi connectivity index (χ1) is 12.7. The van der Waals surface area contributed by atoms with Crippen LogP contribution in [0, 0.1) is 22.7 Å². The lowest BCUT2D eigenvalue weighted by atomic mass is 9.46. The number of cyclic esters (lactones) is 1. The van der Waals surface area contributed by atoms with Crippen LogP contribution in [0.25, 0.3) is 0 Å². The molecule has 0 bridgehead atoms. The Morgan fingerprint density at radius 2 is 1.96 bits per heavy atom. The Bertz CT molecular complexity index is 718. The molecule has 2 saturated carbocycles. The highest BCUT2D eigenvalue weighted by Gasteiger charge is 2.60. The molecule has 27 heavy (non-hydrogen) atoms. The highest BCUT2D eigenvalue weighted by atomic mass is 16.7. The molecule has 4 aliphatic rings. The fourth-order valence-corrected chi connectivity index (χ4v) is 6.07. The summed E-state index contributed by atoms with van der Waals surface area (Å²) < 4.78 is 17.5. The number of esters is 1. The molecule has 0 aromatic heterocycles. The van der Waals surface area contributed by atoms with E-state index in [0.717, 1.165) is 32.3 Å². The molecule has 0 N–H and O–H groups in total. The number of fused-ring (bicyclic) bond motifs is 3. The molecule has 148 valence electrons. The van der Waals surface area contributed by atoms with E-state index in [1.807, 2.05) is 26.0 Å². The van der Waals surface area contributed by atoms with Crippen molar-refractivity contribution in [3.63, 3.8) is 0 Å². The Kier molecular flexibility index (Phi) is 4.43. The predicted octanol–water partition coefficient (Wildman–Crippen LogP) is 4.57. The van der Waals surface area contributed by atoms with Gasteiger partial charge in [0.05, 0.1) is 18.3 Å². The van der Waals surface area contributed by atoms with Crippen LogP contribution in [0.1, 0.15) is 53.4 Å². The second-order valence-electron chi connectivity index (χ2n) is 9.69. The van der Waals surface area contributed by atoms with Crippen molar-refractivity contribution in [1.29, 1.82) is 0 Å². The minimum Gasteiger partial charge on any atom is -0.458 e. The summed E-state index contributed by atoms with van der Waals surface area (Å²) in [6, 6.07) is 0. The molecule has 5 unspecified atom stereocenters. The predicted molar refractivity (Wildman–Crippen MR) is 104 cm³/mol. The Morgan fingerprint density at radius 1 is 1.19 bits per heavy atom. The highest BCUT2D eigenvalue weighted by molar-refractivity contribution is 5.93. The summed E-state index contributed by atoms with van der Waals surface area (Å²) in [5, 5.41) is 0. The van der Waals surface area contributed by atoms with Crippen molar-refractivity contribution in [2.75, 3.05) is 13.2 Å². The largest absolute Gasteiger partial charge is 0.458 e. The van der Waals surface area contributed by atoms with E-state index in [0.29, 0.717) is 18.1 Å². The van der Waals surface area contributed by atoms with E-state index in [2.05, 4.69) is 26.5 Å². The number of ether oxygens (including phenoxy) is 3. The zero-order valence-electron chi connectivity index (χ0n) is 17.0. The standard InChI is InChI=1S/C23H32O4/c1-15-6-9-18-22(4,17(15)8-7-16-11-13-25-20(16)24)12-10-19-23(18,5)14-26-21(2,3)27-19/h7-8,11,17-19H,1,6,9-10,12-14H2,2-5H3/b8-7+. The summed E-state index contributed by atoms with van der Waals surface area (Å²) in [4.78, 5) is 11.8. The molecule has 2 aliphatic carbocycles. The molecule has 0 amide bonds. The summed E-state index contributed by atoms with van der Waals surface area (Å²) in [5.41, 5.74) is 2.06. The Balaban J connectivity index is 1.63. The molecule has 0 aromatic rings. The third kappa shape index (κ3) is 3.01. The van der Waals surface area contributed by atoms with E-state index in [9.17, 15) is 4.79 Å². The minimum atomic E-state index is -0.495. The van der Waals surface area contributed by atoms with Gasteiger partial charge in [-0.2, -0.15) is 0 Å². The Morgan fingerprint density at radius 3 is 2.67 bits per heavy atom. The van der Waals surface area contributed by atoms with E-state index in [1.165, 1.54) is 5.57 Å². The maximum Gasteiger partial charge on any atom is 0.338 e. The van der Waals surface area contributed by atoms with Crippen molar-refractivity contribution in [1.82, 2.24) is 0 Å². The van der Waals surface area contributed by atoms with E-state index < -0.39 is 5.79 Å². The van der Waals surface area contributed by atoms with Crippen LogP contribution in [0.3, 0.4) is 0 Å². The van der Waals surface area contributed by atoms with Crippen molar-refractivity contribution >= 4 is 5.97 Å². The summed E-state index contributed by atoms with van der Waals surface area (Å²) in [6.45, 7) is 14.3. The van der Waals surface area contributed by atoms with Gasteiger partial charge in [0.1, 0.15) is 6.61 Å². The molecule has 0 spiro atoms. The SMILES string of the molecule is C=C1CCC2C3(C)COC(C)(C)OC3CCC2(C)C1/C=C/C1=CCOC1=O. The summed E-state index contributed by atoms with van der Waals surface area (Å²) in [7, 11) is 0. The number of carbonyl (C=O) groups excluding carboxylic acids is 1. The third-order valence-electron chi connectivity index (χ3n) is 7.56. The van der Waals surface area contributed by atoms with Crippen LogP contribution in [0.5, 0.6) is 0 Å². The van der Waals surface area contributed by atoms with Gasteiger partial charge < -0.3 is 14.2 Å². The molecule has 0 radical (unpaired) electrons. The topological polar surface area (TPSA) is 44.8 Å². The minimum absolute atomic E-state index is 0.0147. The van der Waals surface area contributed by atoms with Crippen LogP contribution in [0.4, 0.5) is 0 Å². The first kappa shape index (κ1) is 18.9. The fraction of sp³-hybridized carbons (Fsp3) is 0.696. The number of hydrogen-bond acceptors (Lipinski definition) is 4. The number of rotatable bonds is 2. The van der Waals surface area contributed by atoms with Crippen molar-refractivity contribution in [2.24, 2.45) is 22.7 Å². The van der Waals surface area contributed by atoms with Gasteiger partial charge in [-0.05, 0) is 56.9 Å². The number of carbonyl (C=O) groups is 1. The van der Waals surface area contributed by atoms with E-state index in [4.69, 9.17) is 14.2 Å². The zero-order valence-corrected chi connectivity index (χ0v) is 17.0.